The van der Waals surface area contributed by atoms with Crippen LogP contribution in [0.4, 0.5) is 4.79 Å². The molecule has 354 valence electrons. The predicted octanol–water partition coefficient (Wildman–Crippen LogP) is 4.70. The van der Waals surface area contributed by atoms with Crippen LogP contribution in [0.5, 0.6) is 0 Å². The smallest absolute Gasteiger partial charge is 0.410 e. The number of hydrogen-bond donors (Lipinski definition) is 4. The van der Waals surface area contributed by atoms with E-state index in [1.54, 1.807) is 43.1 Å². The van der Waals surface area contributed by atoms with Crippen LogP contribution in [-0.2, 0) is 38.1 Å². The number of piperazine rings is 1. The van der Waals surface area contributed by atoms with E-state index in [1.165, 1.54) is 24.2 Å². The van der Waals surface area contributed by atoms with Gasteiger partial charge >= 0.3 is 18.0 Å². The van der Waals surface area contributed by atoms with Gasteiger partial charge in [-0.3, -0.25) is 29.0 Å². The highest BCUT2D eigenvalue weighted by Gasteiger charge is 2.47. The summed E-state index contributed by atoms with van der Waals surface area (Å²) in [6.07, 6.45) is 11.9. The number of carbonyl (C=O) groups is 5. The van der Waals surface area contributed by atoms with Crippen molar-refractivity contribution in [2.75, 3.05) is 39.8 Å². The Balaban J connectivity index is 1.42. The number of unbranched alkanes of at least 4 members (excludes halogenated alkanes) is 3. The van der Waals surface area contributed by atoms with Gasteiger partial charge in [0.05, 0.1) is 36.4 Å². The van der Waals surface area contributed by atoms with Crippen molar-refractivity contribution < 1.29 is 63.3 Å². The number of epoxide rings is 1. The maximum Gasteiger partial charge on any atom is 0.410 e. The highest BCUT2D eigenvalue weighted by Crippen LogP contribution is 2.38. The minimum atomic E-state index is -1.20. The van der Waals surface area contributed by atoms with E-state index in [4.69, 9.17) is 18.9 Å². The Bertz CT molecular complexity index is 1680. The van der Waals surface area contributed by atoms with Crippen molar-refractivity contribution in [3.05, 3.63) is 48.1 Å². The number of nitrogens with zero attached hydrogens (tertiary/aromatic N) is 3. The number of aliphatic carboxylic acids is 1. The summed E-state index contributed by atoms with van der Waals surface area (Å²) in [5.74, 6) is -2.52. The van der Waals surface area contributed by atoms with Gasteiger partial charge < -0.3 is 44.3 Å². The summed E-state index contributed by atoms with van der Waals surface area (Å²) in [5, 5.41) is 41.8. The van der Waals surface area contributed by atoms with Crippen LogP contribution in [0.15, 0.2) is 48.1 Å². The van der Waals surface area contributed by atoms with Crippen molar-refractivity contribution in [3.63, 3.8) is 0 Å². The van der Waals surface area contributed by atoms with Crippen LogP contribution in [0, 0.1) is 11.8 Å². The summed E-state index contributed by atoms with van der Waals surface area (Å²) in [6.45, 7) is 13.3. The monoisotopic (exact) mass is 888 g/mol. The zero-order chi connectivity index (χ0) is 46.5. The molecule has 0 aromatic rings. The molecule has 3 amide bonds. The lowest BCUT2D eigenvalue weighted by Gasteiger charge is -2.42. The summed E-state index contributed by atoms with van der Waals surface area (Å²) in [7, 11) is 1.51. The molecule has 0 aromatic carbocycles. The van der Waals surface area contributed by atoms with E-state index in [0.29, 0.717) is 57.4 Å². The van der Waals surface area contributed by atoms with Crippen molar-refractivity contribution in [2.24, 2.45) is 11.8 Å². The van der Waals surface area contributed by atoms with Crippen LogP contribution < -0.4 is 0 Å². The first-order valence-corrected chi connectivity index (χ1v) is 22.7. The molecule has 4 aliphatic rings. The Hall–Kier alpha value is -3.93. The lowest BCUT2D eigenvalue weighted by molar-refractivity contribution is -0.151. The number of methoxy groups -OCH3 is 1. The first-order chi connectivity index (χ1) is 29.8. The Morgan fingerprint density at radius 1 is 1.08 bits per heavy atom. The average molecular weight is 888 g/mol. The van der Waals surface area contributed by atoms with Crippen molar-refractivity contribution >= 4 is 29.8 Å². The maximum atomic E-state index is 14.0. The molecule has 11 atom stereocenters. The third-order valence-electron chi connectivity index (χ3n) is 13.1. The van der Waals surface area contributed by atoms with E-state index >= 15 is 0 Å². The second kappa shape index (κ2) is 23.8. The van der Waals surface area contributed by atoms with E-state index in [2.05, 4.69) is 4.90 Å². The summed E-state index contributed by atoms with van der Waals surface area (Å²) in [6, 6.07) is -0.213. The molecule has 0 aromatic heterocycles. The standard InChI is InChI=1S/C47H73N3O13/c1-8-36(52)33(4)44-37(61-44)29-46(5,59)22-13-14-31(2)43-32(3)15-17-38(47(6,60-7)23-21-35(51)28-42(57)63-43)62-45(58)49-27-26-48(34(30-49)16-20-41(55)56)24-11-9-10-12-25-50-39(53)18-19-40(50)54/h13-15,17-19,22,32-38,43-44,51-52,59H,8-12,16,20-21,23-30H2,1-7H3,(H,55,56)/b17-15+,22-13+,31-14+/t32-,33?,34+,35+,36?,37+,38-,43+,44+,46?,47+/m0/s1. The molecule has 4 heterocycles. The third-order valence-corrected chi connectivity index (χ3v) is 13.1. The molecule has 16 heteroatoms. The number of amides is 3. The third kappa shape index (κ3) is 15.6. The number of carboxylic acid groups (broad SMARTS) is 1. The van der Waals surface area contributed by atoms with Crippen LogP contribution in [0.25, 0.3) is 0 Å². The SMILES string of the molecule is CCC(O)C(C)[C@H]1O[C@@H]1CC(C)(O)/C=C/C=C(\C)[C@H]1OC(=O)C[C@H](O)CC[C@@](C)(OC)[C@@H](OC(=O)N2CCN(CCCCCCN3C(=O)C=CC3=O)[C@H](CCC(=O)O)C2)/C=C/[C@@H]1C. The van der Waals surface area contributed by atoms with E-state index in [-0.39, 0.29) is 68.2 Å². The second-order valence-corrected chi connectivity index (χ2v) is 18.3. The Morgan fingerprint density at radius 2 is 1.76 bits per heavy atom. The molecule has 4 aliphatic heterocycles. The maximum absolute atomic E-state index is 14.0. The quantitative estimate of drug-likeness (QED) is 0.0326. The molecule has 3 unspecified atom stereocenters. The highest BCUT2D eigenvalue weighted by molar-refractivity contribution is 6.12. The molecule has 0 saturated carbocycles. The van der Waals surface area contributed by atoms with Gasteiger partial charge in [0.2, 0.25) is 0 Å². The second-order valence-electron chi connectivity index (χ2n) is 18.3. The number of esters is 1. The number of carbonyl (C=O) groups excluding carboxylic acids is 4. The van der Waals surface area contributed by atoms with Gasteiger partial charge in [0, 0.05) is 76.2 Å². The average Bonchev–Trinajstić information content (AvgIpc) is 3.92. The van der Waals surface area contributed by atoms with Crippen molar-refractivity contribution in [2.45, 2.75) is 166 Å². The number of allylic oxidation sites excluding steroid dienone is 2. The summed E-state index contributed by atoms with van der Waals surface area (Å²) >= 11 is 0. The zero-order valence-electron chi connectivity index (χ0n) is 38.4. The van der Waals surface area contributed by atoms with Gasteiger partial charge in [0.25, 0.3) is 11.8 Å². The van der Waals surface area contributed by atoms with E-state index in [1.807, 2.05) is 33.8 Å². The minimum Gasteiger partial charge on any atom is -0.481 e. The summed E-state index contributed by atoms with van der Waals surface area (Å²) in [5.41, 5.74) is -1.60. The van der Waals surface area contributed by atoms with Gasteiger partial charge in [-0.05, 0) is 77.5 Å². The van der Waals surface area contributed by atoms with E-state index in [9.17, 15) is 44.4 Å². The van der Waals surface area contributed by atoms with Crippen LogP contribution in [0.2, 0.25) is 0 Å². The number of carboxylic acids is 1. The number of cyclic esters (lactones) is 1. The lowest BCUT2D eigenvalue weighted by Crippen LogP contribution is -2.56. The van der Waals surface area contributed by atoms with Gasteiger partial charge in [-0.1, -0.05) is 57.9 Å². The number of aliphatic hydroxyl groups is 3. The molecule has 4 rings (SSSR count). The fraction of sp³-hybridized carbons (Fsp3) is 0.723. The molecule has 0 bridgehead atoms. The molecule has 4 N–H and O–H groups in total. The Morgan fingerprint density at radius 3 is 2.41 bits per heavy atom. The lowest BCUT2D eigenvalue weighted by atomic mass is 9.88. The van der Waals surface area contributed by atoms with Gasteiger partial charge in [-0.25, -0.2) is 4.79 Å². The number of imide groups is 1. The van der Waals surface area contributed by atoms with Crippen molar-refractivity contribution in [3.8, 4) is 0 Å². The minimum absolute atomic E-state index is 0.0401. The topological polar surface area (TPSA) is 216 Å². The molecule has 0 aliphatic carbocycles. The molecule has 16 nitrogen and oxygen atoms in total. The predicted molar refractivity (Wildman–Crippen MR) is 234 cm³/mol. The van der Waals surface area contributed by atoms with Gasteiger partial charge in [-0.2, -0.15) is 0 Å². The Kier molecular flexibility index (Phi) is 19.6. The van der Waals surface area contributed by atoms with Crippen molar-refractivity contribution in [1.82, 2.24) is 14.7 Å². The number of rotatable bonds is 20. The number of hydrogen-bond acceptors (Lipinski definition) is 13. The van der Waals surface area contributed by atoms with E-state index in [0.717, 1.165) is 19.3 Å². The van der Waals surface area contributed by atoms with Crippen LogP contribution in [0.1, 0.15) is 112 Å². The largest absolute Gasteiger partial charge is 0.481 e. The number of aliphatic hydroxyl groups excluding tert-OH is 2. The Labute approximate surface area is 372 Å². The highest BCUT2D eigenvalue weighted by atomic mass is 16.6. The first-order valence-electron chi connectivity index (χ1n) is 22.7. The van der Waals surface area contributed by atoms with Crippen molar-refractivity contribution in [1.29, 1.82) is 0 Å². The molecule has 63 heavy (non-hydrogen) atoms. The molecular formula is C47H73N3O13. The van der Waals surface area contributed by atoms with Crippen LogP contribution in [-0.4, -0.2) is 159 Å². The summed E-state index contributed by atoms with van der Waals surface area (Å²) < 4.78 is 23.9. The van der Waals surface area contributed by atoms with E-state index < -0.39 is 59.6 Å². The van der Waals surface area contributed by atoms with Gasteiger partial charge in [-0.15, -0.1) is 0 Å². The van der Waals surface area contributed by atoms with Gasteiger partial charge in [0.15, 0.2) is 6.10 Å². The fourth-order valence-corrected chi connectivity index (χ4v) is 8.70. The van der Waals surface area contributed by atoms with Gasteiger partial charge in [0.1, 0.15) is 11.7 Å². The molecular weight excluding hydrogens is 815 g/mol. The van der Waals surface area contributed by atoms with Crippen LogP contribution >= 0.6 is 0 Å². The number of ether oxygens (including phenoxy) is 4. The molecule has 0 radical (unpaired) electrons. The molecule has 2 saturated heterocycles. The first kappa shape index (κ1) is 51.7. The molecule has 2 fully saturated rings. The normalized spacial score (nSPS) is 31.2. The molecule has 0 spiro atoms. The fourth-order valence-electron chi connectivity index (χ4n) is 8.70. The summed E-state index contributed by atoms with van der Waals surface area (Å²) in [4.78, 5) is 67.4. The zero-order valence-corrected chi connectivity index (χ0v) is 38.4. The van der Waals surface area contributed by atoms with Crippen LogP contribution in [0.3, 0.4) is 0 Å².